The summed E-state index contributed by atoms with van der Waals surface area (Å²) in [5.41, 5.74) is 3.28. The Morgan fingerprint density at radius 1 is 1.26 bits per heavy atom. The van der Waals surface area contributed by atoms with E-state index in [4.69, 9.17) is 11.6 Å². The van der Waals surface area contributed by atoms with Crippen LogP contribution in [0.1, 0.15) is 11.3 Å². The zero-order valence-electron chi connectivity index (χ0n) is 15.6. The van der Waals surface area contributed by atoms with Gasteiger partial charge in [-0.05, 0) is 36.4 Å². The van der Waals surface area contributed by atoms with Gasteiger partial charge < -0.3 is 14.8 Å². The molecule has 27 heavy (non-hydrogen) atoms. The monoisotopic (exact) mass is 498 g/mol. The second-order valence-corrected chi connectivity index (χ2v) is 6.57. The fourth-order valence-corrected chi connectivity index (χ4v) is 2.86. The van der Waals surface area contributed by atoms with Gasteiger partial charge in [-0.2, -0.15) is 5.10 Å². The molecule has 3 rings (SSSR count). The van der Waals surface area contributed by atoms with Crippen molar-refractivity contribution in [2.75, 3.05) is 14.1 Å². The maximum Gasteiger partial charge on any atom is 0.194 e. The maximum atomic E-state index is 5.94. The Morgan fingerprint density at radius 3 is 2.63 bits per heavy atom. The van der Waals surface area contributed by atoms with E-state index in [2.05, 4.69) is 30.9 Å². The molecule has 0 aliphatic heterocycles. The lowest BCUT2D eigenvalue weighted by Crippen LogP contribution is -2.38. The summed E-state index contributed by atoms with van der Waals surface area (Å²) in [6, 6.07) is 11.8. The number of aliphatic imine (C=N–C) groups is 1. The molecule has 8 heteroatoms. The minimum absolute atomic E-state index is 0. The van der Waals surface area contributed by atoms with Crippen LogP contribution in [0.4, 0.5) is 0 Å². The van der Waals surface area contributed by atoms with Crippen molar-refractivity contribution in [3.05, 3.63) is 71.3 Å². The molecule has 0 radical (unpaired) electrons. The molecule has 0 saturated heterocycles. The number of aromatic nitrogens is 3. The van der Waals surface area contributed by atoms with E-state index >= 15 is 0 Å². The van der Waals surface area contributed by atoms with Crippen molar-refractivity contribution < 1.29 is 0 Å². The first-order valence-corrected chi connectivity index (χ1v) is 8.76. The Hall–Kier alpha value is -2.00. The fraction of sp³-hybridized carbons (Fsp3) is 0.263. The summed E-state index contributed by atoms with van der Waals surface area (Å²) in [6.45, 7) is 1.44. The van der Waals surface area contributed by atoms with Crippen LogP contribution in [0.5, 0.6) is 0 Å². The number of nitrogens with zero attached hydrogens (tertiary/aromatic N) is 5. The molecule has 1 aromatic carbocycles. The highest BCUT2D eigenvalue weighted by molar-refractivity contribution is 14.0. The van der Waals surface area contributed by atoms with Crippen LogP contribution in [0.15, 0.2) is 60.0 Å². The molecule has 0 unspecified atom stereocenters. The second-order valence-electron chi connectivity index (χ2n) is 6.14. The number of nitrogens with one attached hydrogen (secondary N) is 1. The van der Waals surface area contributed by atoms with Crippen LogP contribution in [-0.4, -0.2) is 39.3 Å². The summed E-state index contributed by atoms with van der Waals surface area (Å²) in [7, 11) is 5.87. The summed E-state index contributed by atoms with van der Waals surface area (Å²) < 4.78 is 3.95. The minimum atomic E-state index is 0. The largest absolute Gasteiger partial charge is 0.353 e. The molecule has 3 aromatic rings. The van der Waals surface area contributed by atoms with E-state index in [9.17, 15) is 0 Å². The van der Waals surface area contributed by atoms with E-state index in [1.807, 2.05) is 67.7 Å². The molecule has 0 saturated carbocycles. The van der Waals surface area contributed by atoms with Crippen molar-refractivity contribution in [2.24, 2.45) is 12.0 Å². The number of benzene rings is 1. The third kappa shape index (κ3) is 5.49. The number of aryl methyl sites for hydroxylation is 1. The lowest BCUT2D eigenvalue weighted by Gasteiger charge is -2.22. The van der Waals surface area contributed by atoms with Gasteiger partial charge in [0.15, 0.2) is 5.96 Å². The topological polar surface area (TPSA) is 50.4 Å². The Balaban J connectivity index is 0.00000261. The van der Waals surface area contributed by atoms with Gasteiger partial charge in [0.2, 0.25) is 0 Å². The van der Waals surface area contributed by atoms with Crippen LogP contribution in [0.2, 0.25) is 5.02 Å². The molecule has 0 amide bonds. The molecule has 0 fully saturated rings. The van der Waals surface area contributed by atoms with Gasteiger partial charge in [-0.3, -0.25) is 4.99 Å². The summed E-state index contributed by atoms with van der Waals surface area (Å²) in [4.78, 5) is 6.46. The quantitative estimate of drug-likeness (QED) is 0.332. The van der Waals surface area contributed by atoms with E-state index in [1.54, 1.807) is 7.05 Å². The zero-order valence-corrected chi connectivity index (χ0v) is 18.7. The van der Waals surface area contributed by atoms with Gasteiger partial charge in [-0.15, -0.1) is 24.0 Å². The highest BCUT2D eigenvalue weighted by Crippen LogP contribution is 2.13. The van der Waals surface area contributed by atoms with Crippen LogP contribution in [0.3, 0.4) is 0 Å². The van der Waals surface area contributed by atoms with Crippen molar-refractivity contribution >= 4 is 41.5 Å². The molecule has 2 heterocycles. The lowest BCUT2D eigenvalue weighted by atomic mass is 10.3. The second kappa shape index (κ2) is 9.80. The first-order valence-electron chi connectivity index (χ1n) is 8.38. The average Bonchev–Trinajstić information content (AvgIpc) is 3.26. The third-order valence-corrected chi connectivity index (χ3v) is 4.45. The van der Waals surface area contributed by atoms with E-state index in [0.29, 0.717) is 11.6 Å². The van der Waals surface area contributed by atoms with Crippen LogP contribution < -0.4 is 5.32 Å². The highest BCUT2D eigenvalue weighted by atomic mass is 127. The molecule has 0 aliphatic rings. The van der Waals surface area contributed by atoms with Gasteiger partial charge in [0.1, 0.15) is 0 Å². The van der Waals surface area contributed by atoms with E-state index in [1.165, 1.54) is 5.69 Å². The molecular formula is C19H24ClIN6. The van der Waals surface area contributed by atoms with Crippen LogP contribution in [-0.2, 0) is 20.1 Å². The predicted molar refractivity (Wildman–Crippen MR) is 121 cm³/mol. The smallest absolute Gasteiger partial charge is 0.194 e. The Labute approximate surface area is 181 Å². The molecule has 0 bridgehead atoms. The summed E-state index contributed by atoms with van der Waals surface area (Å²) in [5, 5.41) is 8.51. The number of halogens is 2. The first kappa shape index (κ1) is 21.3. The number of hydrogen-bond acceptors (Lipinski definition) is 2. The number of rotatable bonds is 5. The predicted octanol–water partition coefficient (Wildman–Crippen LogP) is 3.69. The Morgan fingerprint density at radius 2 is 2.00 bits per heavy atom. The van der Waals surface area contributed by atoms with Gasteiger partial charge >= 0.3 is 0 Å². The number of hydrogen-bond donors (Lipinski definition) is 1. The van der Waals surface area contributed by atoms with Crippen LogP contribution >= 0.6 is 35.6 Å². The van der Waals surface area contributed by atoms with Crippen molar-refractivity contribution in [2.45, 2.75) is 13.1 Å². The van der Waals surface area contributed by atoms with Crippen LogP contribution in [0, 0.1) is 0 Å². The third-order valence-electron chi connectivity index (χ3n) is 4.20. The molecule has 6 nitrogen and oxygen atoms in total. The first-order chi connectivity index (χ1) is 12.6. The normalized spacial score (nSPS) is 11.2. The average molecular weight is 499 g/mol. The summed E-state index contributed by atoms with van der Waals surface area (Å²) in [6.07, 6.45) is 5.90. The lowest BCUT2D eigenvalue weighted by molar-refractivity contribution is 0.461. The molecule has 144 valence electrons. The van der Waals surface area contributed by atoms with Crippen molar-refractivity contribution in [3.8, 4) is 5.69 Å². The van der Waals surface area contributed by atoms with Crippen molar-refractivity contribution in [3.63, 3.8) is 0 Å². The van der Waals surface area contributed by atoms with Gasteiger partial charge in [0.25, 0.3) is 0 Å². The Bertz CT molecular complexity index is 884. The van der Waals surface area contributed by atoms with Crippen LogP contribution in [0.25, 0.3) is 5.69 Å². The molecule has 0 atom stereocenters. The van der Waals surface area contributed by atoms with E-state index < -0.39 is 0 Å². The van der Waals surface area contributed by atoms with Gasteiger partial charge in [-0.25, -0.2) is 4.68 Å². The van der Waals surface area contributed by atoms with Crippen molar-refractivity contribution in [1.82, 2.24) is 24.6 Å². The zero-order chi connectivity index (χ0) is 18.5. The van der Waals surface area contributed by atoms with E-state index in [-0.39, 0.29) is 24.0 Å². The maximum absolute atomic E-state index is 5.94. The van der Waals surface area contributed by atoms with Gasteiger partial charge in [0.05, 0.1) is 18.4 Å². The molecule has 0 spiro atoms. The van der Waals surface area contributed by atoms with Gasteiger partial charge in [-0.1, -0.05) is 11.6 Å². The Kier molecular flexibility index (Phi) is 7.73. The van der Waals surface area contributed by atoms with E-state index in [0.717, 1.165) is 23.8 Å². The fourth-order valence-electron chi connectivity index (χ4n) is 2.73. The summed E-state index contributed by atoms with van der Waals surface area (Å²) >= 11 is 5.94. The highest BCUT2D eigenvalue weighted by Gasteiger charge is 2.09. The molecular weight excluding hydrogens is 475 g/mol. The standard InChI is InChI=1S/C19H23ClN6.HI/c1-21-19(25(3)14-18-5-4-10-24(18)2)22-11-15-12-23-26(13-15)17-8-6-16(20)7-9-17;/h4-10,12-13H,11,14H2,1-3H3,(H,21,22);1H. The number of guanidine groups is 1. The van der Waals surface area contributed by atoms with Crippen molar-refractivity contribution in [1.29, 1.82) is 0 Å². The SMILES string of the molecule is CN=C(NCc1cnn(-c2ccc(Cl)cc2)c1)N(C)Cc1cccn1C.I. The minimum Gasteiger partial charge on any atom is -0.353 e. The summed E-state index contributed by atoms with van der Waals surface area (Å²) in [5.74, 6) is 0.838. The molecule has 2 aromatic heterocycles. The molecule has 1 N–H and O–H groups in total. The van der Waals surface area contributed by atoms with Gasteiger partial charge in [0, 0.05) is 56.4 Å². The molecule has 0 aliphatic carbocycles.